The number of rotatable bonds is 17. The standard InChI is InChI=1S/C16H34O4S.C3H5NO.Na/c1-2-3-4-5-6-7-8-9-10-11-12-13-14-15-16-20-21(17,18)19;1-2-3(4)5;/h2-16H2,1H3,(H,17,18,19);2H,1H2,(H2,4,5);/q;;+1/p-1. The van der Waals surface area contributed by atoms with E-state index in [1.54, 1.807) is 0 Å². The normalized spacial score (nSPS) is 10.4. The molecule has 0 radical (unpaired) electrons. The fraction of sp³-hybridized carbons (Fsp3) is 0.842. The van der Waals surface area contributed by atoms with Gasteiger partial charge >= 0.3 is 29.6 Å². The topological polar surface area (TPSA) is 110 Å². The molecule has 0 aromatic heterocycles. The average Bonchev–Trinajstić information content (AvgIpc) is 2.58. The summed E-state index contributed by atoms with van der Waals surface area (Å²) in [6.45, 7) is 5.37. The van der Waals surface area contributed by atoms with Crippen LogP contribution in [0.2, 0.25) is 0 Å². The van der Waals surface area contributed by atoms with Crippen molar-refractivity contribution in [1.29, 1.82) is 0 Å². The van der Waals surface area contributed by atoms with E-state index in [4.69, 9.17) is 0 Å². The molecular formula is C19H38NNaO5S. The third-order valence-corrected chi connectivity index (χ3v) is 4.38. The van der Waals surface area contributed by atoms with Gasteiger partial charge in [-0.2, -0.15) is 0 Å². The van der Waals surface area contributed by atoms with Gasteiger partial charge in [0, 0.05) is 0 Å². The molecule has 0 aromatic rings. The predicted molar refractivity (Wildman–Crippen MR) is 105 cm³/mol. The molecule has 0 fully saturated rings. The Morgan fingerprint density at radius 2 is 1.19 bits per heavy atom. The second-order valence-electron chi connectivity index (χ2n) is 6.43. The van der Waals surface area contributed by atoms with Crippen molar-refractivity contribution in [2.45, 2.75) is 96.8 Å². The minimum atomic E-state index is -4.49. The van der Waals surface area contributed by atoms with E-state index in [9.17, 15) is 17.8 Å². The van der Waals surface area contributed by atoms with E-state index in [1.165, 1.54) is 70.6 Å². The van der Waals surface area contributed by atoms with Crippen LogP contribution in [0.1, 0.15) is 96.8 Å². The maximum Gasteiger partial charge on any atom is 1.00 e. The number of hydrogen-bond acceptors (Lipinski definition) is 5. The molecule has 0 heterocycles. The fourth-order valence-corrected chi connectivity index (χ4v) is 2.78. The molecule has 0 atom stereocenters. The van der Waals surface area contributed by atoms with E-state index in [0.717, 1.165) is 18.9 Å². The molecule has 0 saturated carbocycles. The Balaban J connectivity index is -0.000000844. The van der Waals surface area contributed by atoms with Gasteiger partial charge in [-0.1, -0.05) is 97.0 Å². The van der Waals surface area contributed by atoms with Gasteiger partial charge in [-0.25, -0.2) is 8.42 Å². The fourth-order valence-electron chi connectivity index (χ4n) is 2.46. The summed E-state index contributed by atoms with van der Waals surface area (Å²) in [7, 11) is -4.49. The monoisotopic (exact) mass is 415 g/mol. The number of carbonyl (C=O) groups excluding carboxylic acids is 1. The summed E-state index contributed by atoms with van der Waals surface area (Å²) in [5, 5.41) is 0. The van der Waals surface area contributed by atoms with Crippen LogP contribution in [0.15, 0.2) is 12.7 Å². The van der Waals surface area contributed by atoms with Gasteiger partial charge in [0.2, 0.25) is 16.3 Å². The van der Waals surface area contributed by atoms with Crippen LogP contribution in [0.3, 0.4) is 0 Å². The summed E-state index contributed by atoms with van der Waals surface area (Å²) in [4.78, 5) is 9.47. The summed E-state index contributed by atoms with van der Waals surface area (Å²) >= 11 is 0. The number of nitrogens with two attached hydrogens (primary N) is 1. The van der Waals surface area contributed by atoms with Gasteiger partial charge in [-0.3, -0.25) is 8.98 Å². The Morgan fingerprint density at radius 1 is 0.889 bits per heavy atom. The molecule has 0 unspecified atom stereocenters. The summed E-state index contributed by atoms with van der Waals surface area (Å²) in [5.74, 6) is -0.481. The molecule has 0 bridgehead atoms. The molecule has 0 aliphatic rings. The van der Waals surface area contributed by atoms with Crippen LogP contribution in [0.5, 0.6) is 0 Å². The van der Waals surface area contributed by atoms with Gasteiger partial charge in [0.25, 0.3) is 0 Å². The van der Waals surface area contributed by atoms with E-state index in [-0.39, 0.29) is 36.2 Å². The van der Waals surface area contributed by atoms with Gasteiger partial charge < -0.3 is 10.3 Å². The van der Waals surface area contributed by atoms with Crippen LogP contribution in [0.4, 0.5) is 0 Å². The van der Waals surface area contributed by atoms with Crippen molar-refractivity contribution in [2.24, 2.45) is 5.73 Å². The molecule has 0 saturated heterocycles. The largest absolute Gasteiger partial charge is 1.00 e. The number of amides is 1. The second kappa shape index (κ2) is 24.1. The maximum absolute atomic E-state index is 10.2. The van der Waals surface area contributed by atoms with Crippen LogP contribution in [-0.2, 0) is 19.4 Å². The molecule has 27 heavy (non-hydrogen) atoms. The zero-order valence-corrected chi connectivity index (χ0v) is 20.2. The minimum absolute atomic E-state index is 0. The molecule has 0 aromatic carbocycles. The SMILES string of the molecule is C=CC(N)=O.CCCCCCCCCCCCCCCCOS(=O)(=O)[O-].[Na+]. The van der Waals surface area contributed by atoms with Crippen LogP contribution in [0, 0.1) is 0 Å². The van der Waals surface area contributed by atoms with Crippen LogP contribution in [-0.4, -0.2) is 25.5 Å². The number of hydrogen-bond donors (Lipinski definition) is 1. The first kappa shape index (κ1) is 31.8. The Labute approximate surface area is 188 Å². The van der Waals surface area contributed by atoms with Crippen LogP contribution >= 0.6 is 0 Å². The second-order valence-corrected chi connectivity index (χ2v) is 7.49. The summed E-state index contributed by atoms with van der Waals surface area (Å²) in [6.07, 6.45) is 18.5. The Morgan fingerprint density at radius 3 is 1.44 bits per heavy atom. The quantitative estimate of drug-likeness (QED) is 0.128. The Kier molecular flexibility index (Phi) is 28.4. The molecule has 2 N–H and O–H groups in total. The van der Waals surface area contributed by atoms with Crippen molar-refractivity contribution in [3.63, 3.8) is 0 Å². The average molecular weight is 416 g/mol. The van der Waals surface area contributed by atoms with Crippen molar-refractivity contribution in [1.82, 2.24) is 0 Å². The first-order valence-electron chi connectivity index (χ1n) is 9.85. The van der Waals surface area contributed by atoms with E-state index in [1.807, 2.05) is 0 Å². The summed E-state index contributed by atoms with van der Waals surface area (Å²) in [5.41, 5.74) is 4.53. The van der Waals surface area contributed by atoms with Crippen LogP contribution < -0.4 is 35.3 Å². The van der Waals surface area contributed by atoms with Gasteiger partial charge in [0.15, 0.2) is 0 Å². The number of carbonyl (C=O) groups is 1. The number of unbranched alkanes of at least 4 members (excludes halogenated alkanes) is 13. The molecule has 8 heteroatoms. The molecule has 0 aliphatic carbocycles. The molecular weight excluding hydrogens is 377 g/mol. The van der Waals surface area contributed by atoms with E-state index >= 15 is 0 Å². The first-order chi connectivity index (χ1) is 12.3. The summed E-state index contributed by atoms with van der Waals surface area (Å²) in [6, 6.07) is 0. The third-order valence-electron chi connectivity index (χ3n) is 3.93. The third kappa shape index (κ3) is 37.5. The van der Waals surface area contributed by atoms with Gasteiger partial charge in [-0.15, -0.1) is 0 Å². The Hall–Kier alpha value is 0.0800. The predicted octanol–water partition coefficient (Wildman–Crippen LogP) is 1.61. The van der Waals surface area contributed by atoms with Crippen molar-refractivity contribution in [2.75, 3.05) is 6.61 Å². The van der Waals surface area contributed by atoms with Gasteiger partial charge in [0.1, 0.15) is 0 Å². The van der Waals surface area contributed by atoms with E-state index in [0.29, 0.717) is 6.42 Å². The Bertz CT molecular complexity index is 430. The van der Waals surface area contributed by atoms with Crippen molar-refractivity contribution in [3.05, 3.63) is 12.7 Å². The zero-order chi connectivity index (χ0) is 20.1. The van der Waals surface area contributed by atoms with Crippen molar-refractivity contribution < 1.29 is 51.5 Å². The molecule has 0 spiro atoms. The minimum Gasteiger partial charge on any atom is -0.726 e. The zero-order valence-electron chi connectivity index (χ0n) is 17.4. The van der Waals surface area contributed by atoms with Gasteiger partial charge in [0.05, 0.1) is 6.61 Å². The van der Waals surface area contributed by atoms with E-state index < -0.39 is 16.3 Å². The van der Waals surface area contributed by atoms with E-state index in [2.05, 4.69) is 23.4 Å². The molecule has 1 amide bonds. The smallest absolute Gasteiger partial charge is 0.726 e. The molecule has 0 aliphatic heterocycles. The van der Waals surface area contributed by atoms with Crippen molar-refractivity contribution in [3.8, 4) is 0 Å². The van der Waals surface area contributed by atoms with Crippen molar-refractivity contribution >= 4 is 16.3 Å². The van der Waals surface area contributed by atoms with Crippen LogP contribution in [0.25, 0.3) is 0 Å². The first-order valence-corrected chi connectivity index (χ1v) is 11.2. The molecule has 6 nitrogen and oxygen atoms in total. The number of primary amides is 1. The molecule has 0 rings (SSSR count). The maximum atomic E-state index is 10.2. The van der Waals surface area contributed by atoms with Gasteiger partial charge in [-0.05, 0) is 12.5 Å². The summed E-state index contributed by atoms with van der Waals surface area (Å²) < 4.78 is 34.7. The molecule has 156 valence electrons.